The van der Waals surface area contributed by atoms with Gasteiger partial charge < -0.3 is 24.2 Å². The molecule has 0 unspecified atom stereocenters. The Bertz CT molecular complexity index is 1430. The molecule has 9 heteroatoms. The molecule has 1 amide bonds. The van der Waals surface area contributed by atoms with Crippen LogP contribution in [0.2, 0.25) is 0 Å². The molecule has 0 aromatic heterocycles. The second-order valence-electron chi connectivity index (χ2n) is 13.3. The summed E-state index contributed by atoms with van der Waals surface area (Å²) in [5.41, 5.74) is 3.65. The molecule has 0 saturated heterocycles. The maximum atomic E-state index is 14.2. The first-order valence-electron chi connectivity index (χ1n) is 15.0. The van der Waals surface area contributed by atoms with Gasteiger partial charge in [0.15, 0.2) is 0 Å². The summed E-state index contributed by atoms with van der Waals surface area (Å²) >= 11 is 0. The van der Waals surface area contributed by atoms with Crippen molar-refractivity contribution in [2.75, 3.05) is 12.8 Å². The number of carboxylic acid groups (broad SMARTS) is 1. The number of fused-ring (bicyclic) bond motifs is 3. The van der Waals surface area contributed by atoms with Gasteiger partial charge in [-0.15, -0.1) is 0 Å². The minimum atomic E-state index is -3.84. The van der Waals surface area contributed by atoms with Crippen LogP contribution in [0.15, 0.2) is 78.9 Å². The zero-order chi connectivity index (χ0) is 32.1. The number of hydrogen-bond acceptors (Lipinski definition) is 6. The highest BCUT2D eigenvalue weighted by Crippen LogP contribution is 2.56. The Balaban J connectivity index is 1.55. The van der Waals surface area contributed by atoms with E-state index in [2.05, 4.69) is 5.32 Å². The first-order chi connectivity index (χ1) is 20.6. The van der Waals surface area contributed by atoms with E-state index in [0.717, 1.165) is 27.8 Å². The van der Waals surface area contributed by atoms with Gasteiger partial charge in [-0.3, -0.25) is 4.57 Å². The van der Waals surface area contributed by atoms with Crippen LogP contribution in [0, 0.1) is 5.92 Å². The van der Waals surface area contributed by atoms with Crippen molar-refractivity contribution in [1.82, 2.24) is 5.32 Å². The molecule has 3 aromatic carbocycles. The van der Waals surface area contributed by atoms with Crippen molar-refractivity contribution in [3.05, 3.63) is 95.6 Å². The number of aliphatic carboxylic acids is 1. The van der Waals surface area contributed by atoms with E-state index in [-0.39, 0.29) is 18.7 Å². The molecule has 0 fully saturated rings. The van der Waals surface area contributed by atoms with E-state index >= 15 is 0 Å². The Morgan fingerprint density at radius 3 is 1.82 bits per heavy atom. The number of hydrogen-bond donors (Lipinski definition) is 2. The lowest BCUT2D eigenvalue weighted by Gasteiger charge is -2.35. The van der Waals surface area contributed by atoms with Gasteiger partial charge in [-0.1, -0.05) is 78.9 Å². The normalized spacial score (nSPS) is 14.8. The Morgan fingerprint density at radius 2 is 1.32 bits per heavy atom. The Kier molecular flexibility index (Phi) is 10.4. The Hall–Kier alpha value is -3.45. The van der Waals surface area contributed by atoms with Crippen LogP contribution in [0.25, 0.3) is 11.1 Å². The summed E-state index contributed by atoms with van der Waals surface area (Å²) in [5.74, 6) is -2.22. The molecule has 2 atom stereocenters. The highest BCUT2D eigenvalue weighted by Gasteiger charge is 2.42. The average Bonchev–Trinajstić information content (AvgIpc) is 3.25. The van der Waals surface area contributed by atoms with Gasteiger partial charge in [0.25, 0.3) is 0 Å². The molecular weight excluding hydrogens is 577 g/mol. The molecule has 0 aliphatic heterocycles. The molecule has 0 saturated carbocycles. The molecule has 0 spiro atoms. The first kappa shape index (κ1) is 33.4. The zero-order valence-electron chi connectivity index (χ0n) is 26.4. The predicted molar refractivity (Wildman–Crippen MR) is 172 cm³/mol. The Labute approximate surface area is 260 Å². The average molecular weight is 622 g/mol. The number of nitrogens with one attached hydrogen (secondary N) is 1. The number of alkyl carbamates (subject to hydrolysis) is 1. The van der Waals surface area contributed by atoms with Gasteiger partial charge in [-0.25, -0.2) is 9.59 Å². The fourth-order valence-electron chi connectivity index (χ4n) is 5.72. The summed E-state index contributed by atoms with van der Waals surface area (Å²) in [6.07, 6.45) is -0.232. The van der Waals surface area contributed by atoms with Crippen LogP contribution in [-0.2, 0) is 29.6 Å². The van der Waals surface area contributed by atoms with Crippen LogP contribution in [0.1, 0.15) is 70.6 Å². The van der Waals surface area contributed by atoms with Crippen LogP contribution in [0.4, 0.5) is 4.79 Å². The number of benzene rings is 3. The van der Waals surface area contributed by atoms with Crippen molar-refractivity contribution in [2.24, 2.45) is 5.92 Å². The standard InChI is InChI=1S/C35H44NO7P/c1-34(2,3)42-44(40,43-35(4,5)6)23-25(21-20-24-14-8-7-9-15-24)31(32(37)38)36-33(39)41-22-30-28-18-12-10-16-26(28)27-17-11-13-19-29(27)30/h7-19,25,30-31H,20-23H2,1-6H3,(H,36,39)(H,37,38)/t25-,31-/m0/s1. The van der Waals surface area contributed by atoms with E-state index in [1.807, 2.05) is 78.9 Å². The minimum absolute atomic E-state index is 0.0413. The van der Waals surface area contributed by atoms with E-state index < -0.39 is 42.8 Å². The molecule has 0 heterocycles. The molecule has 2 N–H and O–H groups in total. The first-order valence-corrected chi connectivity index (χ1v) is 16.8. The van der Waals surface area contributed by atoms with Crippen molar-refractivity contribution < 1.29 is 33.0 Å². The van der Waals surface area contributed by atoms with Crippen molar-refractivity contribution in [1.29, 1.82) is 0 Å². The van der Waals surface area contributed by atoms with Crippen LogP contribution in [-0.4, -0.2) is 47.2 Å². The van der Waals surface area contributed by atoms with Gasteiger partial charge in [-0.2, -0.15) is 0 Å². The van der Waals surface area contributed by atoms with Gasteiger partial charge in [0.2, 0.25) is 0 Å². The van der Waals surface area contributed by atoms with Crippen LogP contribution in [0.5, 0.6) is 0 Å². The summed E-state index contributed by atoms with van der Waals surface area (Å²) < 4.78 is 31.9. The van der Waals surface area contributed by atoms with Crippen molar-refractivity contribution in [2.45, 2.75) is 77.5 Å². The molecule has 3 aromatic rings. The monoisotopic (exact) mass is 621 g/mol. The smallest absolute Gasteiger partial charge is 0.407 e. The highest BCUT2D eigenvalue weighted by atomic mass is 31.2. The molecule has 8 nitrogen and oxygen atoms in total. The van der Waals surface area contributed by atoms with Crippen molar-refractivity contribution in [3.8, 4) is 11.1 Å². The zero-order valence-corrected chi connectivity index (χ0v) is 27.3. The number of ether oxygens (including phenoxy) is 1. The predicted octanol–water partition coefficient (Wildman–Crippen LogP) is 8.05. The molecule has 4 rings (SSSR count). The fourth-order valence-corrected chi connectivity index (χ4v) is 8.55. The lowest BCUT2D eigenvalue weighted by atomic mass is 9.94. The Morgan fingerprint density at radius 1 is 0.818 bits per heavy atom. The molecule has 0 radical (unpaired) electrons. The van der Waals surface area contributed by atoms with Gasteiger partial charge in [0.05, 0.1) is 17.4 Å². The SMILES string of the molecule is CC(C)(C)OP(=O)(C[C@H](CCc1ccccc1)[C@H](NC(=O)OCC1c2ccccc2-c2ccccc21)C(=O)O)OC(C)(C)C. The maximum Gasteiger partial charge on any atom is 0.407 e. The fraction of sp³-hybridized carbons (Fsp3) is 0.429. The van der Waals surface area contributed by atoms with Gasteiger partial charge in [-0.05, 0) is 82.2 Å². The number of carboxylic acids is 1. The minimum Gasteiger partial charge on any atom is -0.480 e. The summed E-state index contributed by atoms with van der Waals surface area (Å²) in [5, 5.41) is 12.9. The molecule has 1 aliphatic rings. The van der Waals surface area contributed by atoms with Gasteiger partial charge in [0.1, 0.15) is 12.6 Å². The quantitative estimate of drug-likeness (QED) is 0.197. The number of carbonyl (C=O) groups excluding carboxylic acids is 1. The van der Waals surface area contributed by atoms with Gasteiger partial charge in [0, 0.05) is 11.8 Å². The maximum absolute atomic E-state index is 14.2. The molecular formula is C35H44NO7P. The van der Waals surface area contributed by atoms with E-state index in [1.54, 1.807) is 41.5 Å². The van der Waals surface area contributed by atoms with Crippen molar-refractivity contribution >= 4 is 19.7 Å². The van der Waals surface area contributed by atoms with Crippen LogP contribution in [0.3, 0.4) is 0 Å². The largest absolute Gasteiger partial charge is 0.480 e. The van der Waals surface area contributed by atoms with E-state index in [4.69, 9.17) is 13.8 Å². The third-order valence-electron chi connectivity index (χ3n) is 7.29. The van der Waals surface area contributed by atoms with Crippen LogP contribution < -0.4 is 5.32 Å². The van der Waals surface area contributed by atoms with Crippen LogP contribution >= 0.6 is 7.60 Å². The molecule has 236 valence electrons. The number of aryl methyl sites for hydroxylation is 1. The lowest BCUT2D eigenvalue weighted by molar-refractivity contribution is -0.140. The lowest BCUT2D eigenvalue weighted by Crippen LogP contribution is -2.48. The number of carbonyl (C=O) groups is 2. The summed E-state index contributed by atoms with van der Waals surface area (Å²) in [4.78, 5) is 25.9. The third-order valence-corrected chi connectivity index (χ3v) is 9.85. The molecule has 44 heavy (non-hydrogen) atoms. The number of rotatable bonds is 12. The molecule has 1 aliphatic carbocycles. The second kappa shape index (κ2) is 13.7. The van der Waals surface area contributed by atoms with Crippen molar-refractivity contribution in [3.63, 3.8) is 0 Å². The summed E-state index contributed by atoms with van der Waals surface area (Å²) in [6.45, 7) is 10.7. The van der Waals surface area contributed by atoms with Gasteiger partial charge >= 0.3 is 19.7 Å². The summed E-state index contributed by atoms with van der Waals surface area (Å²) in [6, 6.07) is 24.2. The highest BCUT2D eigenvalue weighted by molar-refractivity contribution is 7.53. The van der Waals surface area contributed by atoms with E-state index in [9.17, 15) is 19.3 Å². The topological polar surface area (TPSA) is 111 Å². The summed E-state index contributed by atoms with van der Waals surface area (Å²) in [7, 11) is -3.84. The second-order valence-corrected chi connectivity index (χ2v) is 15.2. The van der Waals surface area contributed by atoms with E-state index in [0.29, 0.717) is 12.8 Å². The number of amides is 1. The third kappa shape index (κ3) is 9.04. The van der Waals surface area contributed by atoms with E-state index in [1.165, 1.54) is 0 Å². The molecule has 0 bridgehead atoms.